The Bertz CT molecular complexity index is 747. The Balaban J connectivity index is 0.000000445. The van der Waals surface area contributed by atoms with Gasteiger partial charge in [0.25, 0.3) is 0 Å². The number of ether oxygens (including phenoxy) is 1. The standard InChI is InChI=1S/C14H11ClF3OS.6FH.Sb/c1-19-11-4-8-13(9-5-11)20(14(16,17)18)12-6-2-10(15)3-7-12;;;;;;;/h2-9H,1H3;6*1H;/q+1;;;;;;;+5/p-6. The SMILES string of the molecule is COc1ccc([S+](c2ccc(Cl)cc2)C(F)(F)F)cc1.[F][Sb-]([F])([F])([F])([F])[F]. The molecule has 0 radical (unpaired) electrons. The van der Waals surface area contributed by atoms with Gasteiger partial charge in [-0.1, -0.05) is 11.6 Å². The van der Waals surface area contributed by atoms with Crippen molar-refractivity contribution in [3.8, 4) is 5.75 Å². The van der Waals surface area contributed by atoms with Crippen LogP contribution >= 0.6 is 11.6 Å². The quantitative estimate of drug-likeness (QED) is 0.224. The van der Waals surface area contributed by atoms with E-state index in [-0.39, 0.29) is 9.79 Å². The third-order valence-electron chi connectivity index (χ3n) is 2.58. The molecule has 2 aromatic carbocycles. The van der Waals surface area contributed by atoms with E-state index in [9.17, 15) is 30.0 Å². The number of hydrogen-bond donors (Lipinski definition) is 0. The molecule has 2 rings (SSSR count). The third kappa shape index (κ3) is 10.8. The summed E-state index contributed by atoms with van der Waals surface area (Å²) in [7, 11) is -0.531. The van der Waals surface area contributed by atoms with Crippen molar-refractivity contribution < 1.29 is 34.8 Å². The Morgan fingerprint density at radius 3 is 1.41 bits per heavy atom. The van der Waals surface area contributed by atoms with Crippen molar-refractivity contribution in [2.24, 2.45) is 0 Å². The average Bonchev–Trinajstić information content (AvgIpc) is 2.46. The molecule has 0 saturated heterocycles. The summed E-state index contributed by atoms with van der Waals surface area (Å²) in [6.07, 6.45) is 0. The van der Waals surface area contributed by atoms with E-state index in [1.165, 1.54) is 55.6 Å². The molecule has 0 amide bonds. The van der Waals surface area contributed by atoms with E-state index in [0.29, 0.717) is 10.8 Å². The fourth-order valence-electron chi connectivity index (χ4n) is 1.69. The summed E-state index contributed by atoms with van der Waals surface area (Å²) in [5.74, 6) is 0.524. The normalized spacial score (nSPS) is 15.7. The van der Waals surface area contributed by atoms with E-state index >= 15 is 0 Å². The van der Waals surface area contributed by atoms with Crippen LogP contribution in [0, 0.1) is 0 Å². The molecule has 1 unspecified atom stereocenters. The summed E-state index contributed by atoms with van der Waals surface area (Å²) in [5.41, 5.74) is -4.34. The maximum atomic E-state index is 13.3. The van der Waals surface area contributed by atoms with Crippen LogP contribution in [0.5, 0.6) is 5.75 Å². The van der Waals surface area contributed by atoms with Crippen molar-refractivity contribution in [2.75, 3.05) is 7.11 Å². The van der Waals surface area contributed by atoms with Gasteiger partial charge < -0.3 is 4.74 Å². The van der Waals surface area contributed by atoms with Gasteiger partial charge in [-0.25, -0.2) is 0 Å². The number of benzene rings is 2. The summed E-state index contributed by atoms with van der Waals surface area (Å²) < 4.78 is 104. The fraction of sp³-hybridized carbons (Fsp3) is 0.143. The maximum absolute atomic E-state index is 13.3. The first-order chi connectivity index (χ1) is 11.9. The molecule has 27 heavy (non-hydrogen) atoms. The molecule has 13 heteroatoms. The van der Waals surface area contributed by atoms with Gasteiger partial charge in [0.1, 0.15) is 5.75 Å². The van der Waals surface area contributed by atoms with Crippen LogP contribution in [0.2, 0.25) is 5.02 Å². The van der Waals surface area contributed by atoms with Gasteiger partial charge in [-0.3, -0.25) is 0 Å². The average molecular weight is 556 g/mol. The van der Waals surface area contributed by atoms with E-state index in [1.807, 2.05) is 0 Å². The fourth-order valence-corrected chi connectivity index (χ4v) is 3.44. The van der Waals surface area contributed by atoms with Gasteiger partial charge in [0.05, 0.1) is 7.11 Å². The van der Waals surface area contributed by atoms with Crippen molar-refractivity contribution in [2.45, 2.75) is 15.3 Å². The molecule has 0 aliphatic carbocycles. The van der Waals surface area contributed by atoms with E-state index in [0.717, 1.165) is 0 Å². The minimum atomic E-state index is -11.2. The number of halogens is 10. The predicted molar refractivity (Wildman–Crippen MR) is 86.8 cm³/mol. The van der Waals surface area contributed by atoms with Gasteiger partial charge in [0.2, 0.25) is 0 Å². The van der Waals surface area contributed by atoms with Crippen LogP contribution in [0.15, 0.2) is 58.3 Å². The Morgan fingerprint density at radius 2 is 1.11 bits per heavy atom. The van der Waals surface area contributed by atoms with E-state index < -0.39 is 35.9 Å². The topological polar surface area (TPSA) is 9.23 Å². The number of rotatable bonds is 3. The summed E-state index contributed by atoms with van der Waals surface area (Å²) in [6.45, 7) is 0. The van der Waals surface area contributed by atoms with Gasteiger partial charge in [-0.2, -0.15) is 0 Å². The zero-order valence-corrected chi connectivity index (χ0v) is 17.3. The summed E-state index contributed by atoms with van der Waals surface area (Å²) in [4.78, 5) is 0.382. The van der Waals surface area contributed by atoms with Gasteiger partial charge in [0, 0.05) is 5.02 Å². The Kier molecular flexibility index (Phi) is 6.68. The molecule has 1 atom stereocenters. The second-order valence-corrected chi connectivity index (χ2v) is 12.8. The molecule has 0 aromatic heterocycles. The van der Waals surface area contributed by atoms with Crippen LogP contribution in [-0.4, -0.2) is 32.1 Å². The van der Waals surface area contributed by atoms with Gasteiger partial charge in [-0.15, -0.1) is 13.2 Å². The van der Waals surface area contributed by atoms with Crippen molar-refractivity contribution in [3.05, 3.63) is 53.6 Å². The molecule has 0 saturated carbocycles. The third-order valence-corrected chi connectivity index (χ3v) is 4.78. The van der Waals surface area contributed by atoms with E-state index in [2.05, 4.69) is 0 Å². The molecule has 154 valence electrons. The van der Waals surface area contributed by atoms with Gasteiger partial charge >= 0.3 is 41.9 Å². The van der Waals surface area contributed by atoms with Gasteiger partial charge in [0.15, 0.2) is 20.7 Å². The second-order valence-electron chi connectivity index (χ2n) is 4.84. The number of methoxy groups -OCH3 is 1. The summed E-state index contributed by atoms with van der Waals surface area (Å²) >= 11 is -5.53. The number of alkyl halides is 3. The van der Waals surface area contributed by atoms with E-state index in [1.54, 1.807) is 0 Å². The van der Waals surface area contributed by atoms with Gasteiger partial charge in [-0.05, 0) is 48.5 Å². The molecule has 0 aliphatic rings. The van der Waals surface area contributed by atoms with Crippen LogP contribution in [0.3, 0.4) is 0 Å². The Labute approximate surface area is 158 Å². The first kappa shape index (κ1) is 24.1. The first-order valence-corrected chi connectivity index (χ1v) is 14.0. The molecule has 0 fully saturated rings. The predicted octanol–water partition coefficient (Wildman–Crippen LogP) is 7.05. The molecule has 1 nitrogen and oxygen atoms in total. The zero-order valence-electron chi connectivity index (χ0n) is 13.2. The van der Waals surface area contributed by atoms with Crippen molar-refractivity contribution in [1.29, 1.82) is 0 Å². The molecule has 0 spiro atoms. The molecule has 2 aromatic rings. The van der Waals surface area contributed by atoms with Crippen LogP contribution in [0.4, 0.5) is 30.0 Å². The van der Waals surface area contributed by atoms with Crippen molar-refractivity contribution >= 4 is 42.0 Å². The monoisotopic (exact) mass is 554 g/mol. The Hall–Kier alpha value is -0.932. The minimum absolute atomic E-state index is 0.187. The molecule has 0 N–H and O–H groups in total. The molecule has 0 aliphatic heterocycles. The summed E-state index contributed by atoms with van der Waals surface area (Å²) in [5, 5.41) is 0.411. The van der Waals surface area contributed by atoms with Crippen LogP contribution in [0.25, 0.3) is 0 Å². The Morgan fingerprint density at radius 1 is 0.778 bits per heavy atom. The summed E-state index contributed by atoms with van der Waals surface area (Å²) in [6, 6.07) is 11.7. The van der Waals surface area contributed by atoms with Crippen molar-refractivity contribution in [1.82, 2.24) is 0 Å². The van der Waals surface area contributed by atoms with Crippen LogP contribution in [-0.2, 0) is 10.9 Å². The number of hydrogen-bond acceptors (Lipinski definition) is 1. The second kappa shape index (κ2) is 7.48. The van der Waals surface area contributed by atoms with Crippen LogP contribution < -0.4 is 4.74 Å². The molecule has 0 bridgehead atoms. The van der Waals surface area contributed by atoms with Crippen molar-refractivity contribution in [3.63, 3.8) is 0 Å². The zero-order chi connectivity index (χ0) is 21.2. The first-order valence-electron chi connectivity index (χ1n) is 6.64. The molecular weight excluding hydrogens is 544 g/mol. The molecular formula is C14H11ClF9OSSb. The van der Waals surface area contributed by atoms with E-state index in [4.69, 9.17) is 16.3 Å². The van der Waals surface area contributed by atoms with Crippen LogP contribution in [0.1, 0.15) is 0 Å². The molecule has 0 heterocycles.